The Morgan fingerprint density at radius 3 is 3.09 bits per heavy atom. The lowest BCUT2D eigenvalue weighted by molar-refractivity contribution is -0.114. The molecule has 3 rings (SSSR count). The maximum Gasteiger partial charge on any atom is 0.223 e. The lowest BCUT2D eigenvalue weighted by Gasteiger charge is -2.28. The van der Waals surface area contributed by atoms with E-state index in [9.17, 15) is 4.79 Å². The Bertz CT molecular complexity index is 699. The normalized spacial score (nSPS) is 14.3. The van der Waals surface area contributed by atoms with Gasteiger partial charge in [0.25, 0.3) is 0 Å². The Morgan fingerprint density at radius 1 is 1.43 bits per heavy atom. The summed E-state index contributed by atoms with van der Waals surface area (Å²) in [5, 5.41) is 5.41. The molecular weight excluding hydrogens is 310 g/mol. The van der Waals surface area contributed by atoms with Crippen LogP contribution in [-0.2, 0) is 24.3 Å². The standard InChI is InChI=1S/C17H21N3O2S/c1-3-22-16-5-4-13-6-7-20(9-14(13)8-16)10-15-11-23-17(19-15)18-12(2)21/h4-5,8,11H,3,6-7,9-10H2,1-2H3,(H,18,19,21). The average Bonchev–Trinajstić information content (AvgIpc) is 2.93. The molecule has 5 nitrogen and oxygen atoms in total. The van der Waals surface area contributed by atoms with E-state index in [4.69, 9.17) is 4.74 Å². The van der Waals surface area contributed by atoms with Crippen LogP contribution in [0.4, 0.5) is 5.13 Å². The monoisotopic (exact) mass is 331 g/mol. The predicted octanol–water partition coefficient (Wildman–Crippen LogP) is 3.06. The van der Waals surface area contributed by atoms with Crippen LogP contribution < -0.4 is 10.1 Å². The molecule has 1 aliphatic heterocycles. The van der Waals surface area contributed by atoms with Crippen LogP contribution in [0, 0.1) is 0 Å². The van der Waals surface area contributed by atoms with Gasteiger partial charge in [0.05, 0.1) is 12.3 Å². The SMILES string of the molecule is CCOc1ccc2c(c1)CN(Cc1csc(NC(C)=O)n1)CC2. The van der Waals surface area contributed by atoms with Crippen LogP contribution in [0.5, 0.6) is 5.75 Å². The molecule has 0 fully saturated rings. The number of hydrogen-bond acceptors (Lipinski definition) is 5. The molecule has 1 N–H and O–H groups in total. The van der Waals surface area contributed by atoms with Crippen molar-refractivity contribution in [3.63, 3.8) is 0 Å². The molecule has 2 aromatic rings. The van der Waals surface area contributed by atoms with E-state index in [1.807, 2.05) is 12.3 Å². The minimum absolute atomic E-state index is 0.0822. The van der Waals surface area contributed by atoms with E-state index in [1.54, 1.807) is 0 Å². The van der Waals surface area contributed by atoms with Crippen molar-refractivity contribution in [1.29, 1.82) is 0 Å². The summed E-state index contributed by atoms with van der Waals surface area (Å²) in [6.45, 7) is 6.91. The number of benzene rings is 1. The highest BCUT2D eigenvalue weighted by molar-refractivity contribution is 7.13. The van der Waals surface area contributed by atoms with Crippen LogP contribution in [0.2, 0.25) is 0 Å². The second kappa shape index (κ2) is 7.10. The number of anilines is 1. The molecule has 1 aromatic carbocycles. The van der Waals surface area contributed by atoms with Gasteiger partial charge in [-0.25, -0.2) is 4.98 Å². The van der Waals surface area contributed by atoms with Crippen molar-refractivity contribution in [2.75, 3.05) is 18.5 Å². The summed E-state index contributed by atoms with van der Waals surface area (Å²) in [5.41, 5.74) is 3.74. The van der Waals surface area contributed by atoms with E-state index in [2.05, 4.69) is 33.4 Å². The zero-order chi connectivity index (χ0) is 16.2. The van der Waals surface area contributed by atoms with Crippen LogP contribution >= 0.6 is 11.3 Å². The number of thiazole rings is 1. The van der Waals surface area contributed by atoms with E-state index in [0.717, 1.165) is 37.5 Å². The third kappa shape index (κ3) is 4.09. The van der Waals surface area contributed by atoms with Crippen molar-refractivity contribution < 1.29 is 9.53 Å². The number of hydrogen-bond donors (Lipinski definition) is 1. The minimum atomic E-state index is -0.0822. The lowest BCUT2D eigenvalue weighted by Crippen LogP contribution is -2.30. The zero-order valence-corrected chi connectivity index (χ0v) is 14.3. The highest BCUT2D eigenvalue weighted by Gasteiger charge is 2.18. The summed E-state index contributed by atoms with van der Waals surface area (Å²) in [6, 6.07) is 6.38. The fourth-order valence-corrected chi connectivity index (χ4v) is 3.55. The Balaban J connectivity index is 1.65. The van der Waals surface area contributed by atoms with Gasteiger partial charge in [-0.1, -0.05) is 6.07 Å². The summed E-state index contributed by atoms with van der Waals surface area (Å²) in [4.78, 5) is 17.9. The zero-order valence-electron chi connectivity index (χ0n) is 13.5. The average molecular weight is 331 g/mol. The van der Waals surface area contributed by atoms with Gasteiger partial charge in [-0.2, -0.15) is 0 Å². The van der Waals surface area contributed by atoms with Gasteiger partial charge in [0, 0.05) is 31.9 Å². The molecule has 0 radical (unpaired) electrons. The first-order valence-corrected chi connectivity index (χ1v) is 8.71. The molecule has 0 bridgehead atoms. The highest BCUT2D eigenvalue weighted by Crippen LogP contribution is 2.25. The van der Waals surface area contributed by atoms with Gasteiger partial charge in [-0.15, -0.1) is 11.3 Å². The summed E-state index contributed by atoms with van der Waals surface area (Å²) >= 11 is 1.47. The third-order valence-electron chi connectivity index (χ3n) is 3.80. The quantitative estimate of drug-likeness (QED) is 0.915. The van der Waals surface area contributed by atoms with E-state index < -0.39 is 0 Å². The van der Waals surface area contributed by atoms with Crippen LogP contribution in [0.15, 0.2) is 23.6 Å². The van der Waals surface area contributed by atoms with E-state index >= 15 is 0 Å². The van der Waals surface area contributed by atoms with Crippen molar-refractivity contribution in [1.82, 2.24) is 9.88 Å². The van der Waals surface area contributed by atoms with Gasteiger partial charge in [-0.3, -0.25) is 9.69 Å². The molecule has 0 spiro atoms. The number of ether oxygens (including phenoxy) is 1. The lowest BCUT2D eigenvalue weighted by atomic mass is 9.99. The van der Waals surface area contributed by atoms with Crippen molar-refractivity contribution in [2.24, 2.45) is 0 Å². The first-order valence-electron chi connectivity index (χ1n) is 7.83. The molecule has 2 heterocycles. The number of nitrogens with one attached hydrogen (secondary N) is 1. The summed E-state index contributed by atoms with van der Waals surface area (Å²) < 4.78 is 5.60. The fraction of sp³-hybridized carbons (Fsp3) is 0.412. The molecule has 6 heteroatoms. The number of nitrogens with zero attached hydrogens (tertiary/aromatic N) is 2. The van der Waals surface area contributed by atoms with Crippen LogP contribution in [0.25, 0.3) is 0 Å². The minimum Gasteiger partial charge on any atom is -0.494 e. The number of rotatable bonds is 5. The van der Waals surface area contributed by atoms with Crippen molar-refractivity contribution in [3.05, 3.63) is 40.4 Å². The summed E-state index contributed by atoms with van der Waals surface area (Å²) in [7, 11) is 0. The second-order valence-corrected chi connectivity index (χ2v) is 6.51. The van der Waals surface area contributed by atoms with Crippen LogP contribution in [-0.4, -0.2) is 28.9 Å². The Kier molecular flexibility index (Phi) is 4.93. The van der Waals surface area contributed by atoms with E-state index in [1.165, 1.54) is 29.4 Å². The van der Waals surface area contributed by atoms with Crippen molar-refractivity contribution in [2.45, 2.75) is 33.4 Å². The van der Waals surface area contributed by atoms with E-state index in [0.29, 0.717) is 11.7 Å². The molecule has 0 atom stereocenters. The number of amides is 1. The van der Waals surface area contributed by atoms with Gasteiger partial charge in [-0.05, 0) is 36.6 Å². The molecule has 0 saturated heterocycles. The highest BCUT2D eigenvalue weighted by atomic mass is 32.1. The summed E-state index contributed by atoms with van der Waals surface area (Å²) in [5.74, 6) is 0.857. The van der Waals surface area contributed by atoms with Crippen LogP contribution in [0.1, 0.15) is 30.7 Å². The molecule has 1 aromatic heterocycles. The Morgan fingerprint density at radius 2 is 2.30 bits per heavy atom. The smallest absolute Gasteiger partial charge is 0.223 e. The first-order chi connectivity index (χ1) is 11.1. The van der Waals surface area contributed by atoms with Gasteiger partial charge in [0.1, 0.15) is 5.75 Å². The predicted molar refractivity (Wildman–Crippen MR) is 91.8 cm³/mol. The topological polar surface area (TPSA) is 54.5 Å². The first kappa shape index (κ1) is 16.0. The molecular formula is C17H21N3O2S. The Hall–Kier alpha value is -1.92. The molecule has 1 aliphatic rings. The van der Waals surface area contributed by atoms with Gasteiger partial charge in [0.2, 0.25) is 5.91 Å². The van der Waals surface area contributed by atoms with Crippen LogP contribution in [0.3, 0.4) is 0 Å². The van der Waals surface area contributed by atoms with Gasteiger partial charge in [0.15, 0.2) is 5.13 Å². The fourth-order valence-electron chi connectivity index (χ4n) is 2.80. The van der Waals surface area contributed by atoms with Crippen molar-refractivity contribution in [3.8, 4) is 5.75 Å². The molecule has 1 amide bonds. The van der Waals surface area contributed by atoms with Gasteiger partial charge < -0.3 is 10.1 Å². The van der Waals surface area contributed by atoms with Crippen molar-refractivity contribution >= 4 is 22.4 Å². The largest absolute Gasteiger partial charge is 0.494 e. The molecule has 0 unspecified atom stereocenters. The third-order valence-corrected chi connectivity index (χ3v) is 4.61. The number of carbonyl (C=O) groups excluding carboxylic acids is 1. The summed E-state index contributed by atoms with van der Waals surface area (Å²) in [6.07, 6.45) is 1.05. The van der Waals surface area contributed by atoms with E-state index in [-0.39, 0.29) is 5.91 Å². The molecule has 122 valence electrons. The maximum absolute atomic E-state index is 11.1. The molecule has 0 saturated carbocycles. The molecule has 0 aliphatic carbocycles. The maximum atomic E-state index is 11.1. The number of carbonyl (C=O) groups is 1. The number of aromatic nitrogens is 1. The second-order valence-electron chi connectivity index (χ2n) is 5.65. The number of fused-ring (bicyclic) bond motifs is 1. The van der Waals surface area contributed by atoms with Gasteiger partial charge >= 0.3 is 0 Å². The Labute approximate surface area is 140 Å². The molecule has 23 heavy (non-hydrogen) atoms.